The van der Waals surface area contributed by atoms with Gasteiger partial charge in [-0.1, -0.05) is 51.4 Å². The van der Waals surface area contributed by atoms with Crippen LogP contribution in [-0.4, -0.2) is 54.3 Å². The number of fused-ring (bicyclic) bond motifs is 1. The molecule has 2 aromatic carbocycles. The molecule has 3 rings (SSSR count). The van der Waals surface area contributed by atoms with Crippen molar-refractivity contribution in [2.24, 2.45) is 11.8 Å². The lowest BCUT2D eigenvalue weighted by Crippen LogP contribution is -2.40. The van der Waals surface area contributed by atoms with Gasteiger partial charge in [0, 0.05) is 49.7 Å². The van der Waals surface area contributed by atoms with Gasteiger partial charge in [0.15, 0.2) is 0 Å². The Bertz CT molecular complexity index is 1060. The quantitative estimate of drug-likeness (QED) is 0.396. The largest absolute Gasteiger partial charge is 0.338 e. The molecule has 0 radical (unpaired) electrons. The normalized spacial score (nSPS) is 15.8. The maximum Gasteiger partial charge on any atom is 0.227 e. The second kappa shape index (κ2) is 14.6. The van der Waals surface area contributed by atoms with Crippen molar-refractivity contribution in [1.29, 1.82) is 0 Å². The first-order valence-electron chi connectivity index (χ1n) is 14.0. The first-order chi connectivity index (χ1) is 18.1. The Hall–Kier alpha value is -2.44. The number of benzene rings is 2. The second-order valence-electron chi connectivity index (χ2n) is 11.3. The molecule has 0 bridgehead atoms. The molecule has 0 fully saturated rings. The summed E-state index contributed by atoms with van der Waals surface area (Å²) < 4.78 is 14.5. The Morgan fingerprint density at radius 1 is 0.895 bits per heavy atom. The number of hydrogen-bond acceptors (Lipinski definition) is 3. The van der Waals surface area contributed by atoms with Crippen molar-refractivity contribution in [2.45, 2.75) is 66.3 Å². The predicted molar refractivity (Wildman–Crippen MR) is 154 cm³/mol. The molecule has 2 amide bonds. The average molecular weight is 544 g/mol. The van der Waals surface area contributed by atoms with E-state index in [1.165, 1.54) is 12.1 Å². The molecule has 0 atom stereocenters. The van der Waals surface area contributed by atoms with Gasteiger partial charge in [0.1, 0.15) is 5.82 Å². The summed E-state index contributed by atoms with van der Waals surface area (Å²) in [7, 11) is 0. The number of anilines is 1. The second-order valence-corrected chi connectivity index (χ2v) is 11.7. The Labute approximate surface area is 232 Å². The Kier molecular flexibility index (Phi) is 11.6. The predicted octanol–water partition coefficient (Wildman–Crippen LogP) is 6.57. The number of carbonyl (C=O) groups excluding carboxylic acids is 2. The third-order valence-electron chi connectivity index (χ3n) is 6.85. The van der Waals surface area contributed by atoms with Crippen molar-refractivity contribution in [2.75, 3.05) is 37.6 Å². The first-order valence-corrected chi connectivity index (χ1v) is 14.3. The van der Waals surface area contributed by atoms with E-state index in [0.717, 1.165) is 38.0 Å². The van der Waals surface area contributed by atoms with Crippen LogP contribution in [0.1, 0.15) is 64.5 Å². The molecular weight excluding hydrogens is 501 g/mol. The van der Waals surface area contributed by atoms with E-state index in [2.05, 4.69) is 18.7 Å². The molecule has 0 unspecified atom stereocenters. The molecule has 0 aliphatic carbocycles. The SMILES string of the molecule is CC(C)CC(=O)N1CCCN(CC(C)C)CCCN(C(=O)CCc2ccc(Cl)cc2)Cc2cc(F)ccc21. The minimum absolute atomic E-state index is 0.0303. The third-order valence-corrected chi connectivity index (χ3v) is 7.10. The lowest BCUT2D eigenvalue weighted by atomic mass is 10.1. The maximum atomic E-state index is 14.5. The van der Waals surface area contributed by atoms with Crippen molar-refractivity contribution in [3.05, 3.63) is 64.4 Å². The van der Waals surface area contributed by atoms with Crippen LogP contribution >= 0.6 is 11.6 Å². The van der Waals surface area contributed by atoms with E-state index in [9.17, 15) is 14.0 Å². The molecule has 1 aliphatic rings. The Morgan fingerprint density at radius 3 is 2.24 bits per heavy atom. The summed E-state index contributed by atoms with van der Waals surface area (Å²) in [6.45, 7) is 12.7. The third kappa shape index (κ3) is 9.39. The van der Waals surface area contributed by atoms with Gasteiger partial charge in [0.05, 0.1) is 0 Å². The lowest BCUT2D eigenvalue weighted by Gasteiger charge is -2.32. The standard InChI is InChI=1S/C31H43ClFN3O2/c1-23(2)19-31(38)36-18-6-16-34(21-24(3)4)15-5-17-35(22-26-20-28(33)12-13-29(26)36)30(37)14-9-25-7-10-27(32)11-8-25/h7-8,10-13,20,23-24H,5-6,9,14-19,21-22H2,1-4H3. The van der Waals surface area contributed by atoms with Crippen LogP contribution in [0.15, 0.2) is 42.5 Å². The molecule has 38 heavy (non-hydrogen) atoms. The molecule has 2 aromatic rings. The van der Waals surface area contributed by atoms with E-state index >= 15 is 0 Å². The topological polar surface area (TPSA) is 43.9 Å². The Morgan fingerprint density at radius 2 is 1.58 bits per heavy atom. The van der Waals surface area contributed by atoms with Crippen LogP contribution in [0.5, 0.6) is 0 Å². The highest BCUT2D eigenvalue weighted by Gasteiger charge is 2.24. The number of nitrogens with zero attached hydrogens (tertiary/aromatic N) is 3. The molecule has 0 saturated carbocycles. The highest BCUT2D eigenvalue weighted by atomic mass is 35.5. The number of amides is 2. The fourth-order valence-electron chi connectivity index (χ4n) is 5.09. The molecule has 0 spiro atoms. The van der Waals surface area contributed by atoms with Gasteiger partial charge in [0.2, 0.25) is 11.8 Å². The number of hydrogen-bond donors (Lipinski definition) is 0. The van der Waals surface area contributed by atoms with Crippen molar-refractivity contribution in [3.63, 3.8) is 0 Å². The summed E-state index contributed by atoms with van der Waals surface area (Å²) in [5.74, 6) is 0.464. The van der Waals surface area contributed by atoms with Crippen LogP contribution in [0.25, 0.3) is 0 Å². The molecule has 208 valence electrons. The van der Waals surface area contributed by atoms with Crippen molar-refractivity contribution >= 4 is 29.1 Å². The fraction of sp³-hybridized carbons (Fsp3) is 0.548. The van der Waals surface area contributed by atoms with Gasteiger partial charge < -0.3 is 14.7 Å². The molecule has 0 N–H and O–H groups in total. The molecular formula is C31H43ClFN3O2. The Balaban J connectivity index is 1.89. The van der Waals surface area contributed by atoms with E-state index in [-0.39, 0.29) is 30.1 Å². The summed E-state index contributed by atoms with van der Waals surface area (Å²) in [6.07, 6.45) is 3.09. The van der Waals surface area contributed by atoms with E-state index in [1.54, 1.807) is 6.07 Å². The molecule has 7 heteroatoms. The maximum absolute atomic E-state index is 14.5. The number of rotatable bonds is 7. The van der Waals surface area contributed by atoms with Crippen LogP contribution in [-0.2, 0) is 22.6 Å². The van der Waals surface area contributed by atoms with Gasteiger partial charge >= 0.3 is 0 Å². The van der Waals surface area contributed by atoms with Crippen molar-refractivity contribution in [1.82, 2.24) is 9.80 Å². The van der Waals surface area contributed by atoms with Crippen LogP contribution in [0, 0.1) is 17.7 Å². The van der Waals surface area contributed by atoms with Crippen molar-refractivity contribution in [3.8, 4) is 0 Å². The zero-order valence-electron chi connectivity index (χ0n) is 23.4. The van der Waals surface area contributed by atoms with E-state index in [0.29, 0.717) is 54.5 Å². The number of halogens is 2. The monoisotopic (exact) mass is 543 g/mol. The summed E-state index contributed by atoms with van der Waals surface area (Å²) >= 11 is 6.01. The van der Waals surface area contributed by atoms with E-state index in [4.69, 9.17) is 11.6 Å². The first kappa shape index (κ1) is 30.1. The van der Waals surface area contributed by atoms with Gasteiger partial charge in [-0.2, -0.15) is 0 Å². The van der Waals surface area contributed by atoms with Crippen molar-refractivity contribution < 1.29 is 14.0 Å². The van der Waals surface area contributed by atoms with Crippen LogP contribution in [0.2, 0.25) is 5.02 Å². The molecule has 1 heterocycles. The van der Waals surface area contributed by atoms with Gasteiger partial charge in [-0.3, -0.25) is 9.59 Å². The van der Waals surface area contributed by atoms with Gasteiger partial charge in [-0.25, -0.2) is 4.39 Å². The van der Waals surface area contributed by atoms with E-state index in [1.807, 2.05) is 47.9 Å². The van der Waals surface area contributed by atoms with E-state index < -0.39 is 0 Å². The zero-order valence-corrected chi connectivity index (χ0v) is 24.1. The molecule has 0 saturated heterocycles. The fourth-order valence-corrected chi connectivity index (χ4v) is 5.22. The molecule has 5 nitrogen and oxygen atoms in total. The highest BCUT2D eigenvalue weighted by molar-refractivity contribution is 6.30. The summed E-state index contributed by atoms with van der Waals surface area (Å²) in [6, 6.07) is 12.2. The summed E-state index contributed by atoms with van der Waals surface area (Å²) in [5, 5.41) is 0.671. The highest BCUT2D eigenvalue weighted by Crippen LogP contribution is 2.26. The van der Waals surface area contributed by atoms with Crippen LogP contribution in [0.3, 0.4) is 0 Å². The number of carbonyl (C=O) groups is 2. The van der Waals surface area contributed by atoms with Crippen LogP contribution < -0.4 is 4.90 Å². The zero-order chi connectivity index (χ0) is 27.7. The molecule has 0 aromatic heterocycles. The summed E-state index contributed by atoms with van der Waals surface area (Å²) in [4.78, 5) is 32.9. The van der Waals surface area contributed by atoms with Crippen LogP contribution in [0.4, 0.5) is 10.1 Å². The molecule has 1 aliphatic heterocycles. The minimum atomic E-state index is -0.358. The lowest BCUT2D eigenvalue weighted by molar-refractivity contribution is -0.131. The average Bonchev–Trinajstić information content (AvgIpc) is 2.84. The van der Waals surface area contributed by atoms with Gasteiger partial charge in [0.25, 0.3) is 0 Å². The minimum Gasteiger partial charge on any atom is -0.338 e. The number of aryl methyl sites for hydroxylation is 1. The summed E-state index contributed by atoms with van der Waals surface area (Å²) in [5.41, 5.74) is 2.45. The van der Waals surface area contributed by atoms with Gasteiger partial charge in [-0.05, 0) is 85.6 Å². The van der Waals surface area contributed by atoms with Gasteiger partial charge in [-0.15, -0.1) is 0 Å². The smallest absolute Gasteiger partial charge is 0.227 e.